The van der Waals surface area contributed by atoms with Gasteiger partial charge >= 0.3 is 0 Å². The van der Waals surface area contributed by atoms with Gasteiger partial charge in [0.05, 0.1) is 5.69 Å². The van der Waals surface area contributed by atoms with Gasteiger partial charge in [0.15, 0.2) is 0 Å². The smallest absolute Gasteiger partial charge is 0.272 e. The first-order valence-corrected chi connectivity index (χ1v) is 9.65. The summed E-state index contributed by atoms with van der Waals surface area (Å²) in [6.07, 6.45) is 7.32. The number of aromatic nitrogens is 1. The molecule has 0 bridgehead atoms. The third-order valence-corrected chi connectivity index (χ3v) is 5.95. The first-order chi connectivity index (χ1) is 12.2. The SMILES string of the molecule is O=C(c1cccc(-c2ccccc2Cl)n1)N1CCCC2CCCCC21. The molecular weight excluding hydrogens is 332 g/mol. The minimum atomic E-state index is 0.0745. The van der Waals surface area contributed by atoms with Gasteiger partial charge in [-0.25, -0.2) is 4.98 Å². The van der Waals surface area contributed by atoms with Crippen LogP contribution in [0.1, 0.15) is 49.0 Å². The van der Waals surface area contributed by atoms with Crippen molar-refractivity contribution in [2.75, 3.05) is 6.54 Å². The third kappa shape index (κ3) is 3.30. The van der Waals surface area contributed by atoms with E-state index in [-0.39, 0.29) is 5.91 Å². The molecule has 0 radical (unpaired) electrons. The van der Waals surface area contributed by atoms with Crippen LogP contribution in [0, 0.1) is 5.92 Å². The fourth-order valence-electron chi connectivity index (χ4n) is 4.40. The van der Waals surface area contributed by atoms with E-state index in [0.29, 0.717) is 22.7 Å². The molecule has 1 aromatic heterocycles. The Kier molecular flexibility index (Phi) is 4.76. The number of nitrogens with zero attached hydrogens (tertiary/aromatic N) is 2. The van der Waals surface area contributed by atoms with Crippen LogP contribution in [0.25, 0.3) is 11.3 Å². The van der Waals surface area contributed by atoms with Crippen LogP contribution in [0.2, 0.25) is 5.02 Å². The highest BCUT2D eigenvalue weighted by atomic mass is 35.5. The summed E-state index contributed by atoms with van der Waals surface area (Å²) in [6.45, 7) is 0.859. The van der Waals surface area contributed by atoms with E-state index < -0.39 is 0 Å². The number of benzene rings is 1. The molecule has 4 heteroatoms. The molecule has 4 rings (SSSR count). The lowest BCUT2D eigenvalue weighted by atomic mass is 9.78. The molecule has 1 saturated carbocycles. The van der Waals surface area contributed by atoms with Crippen LogP contribution in [-0.2, 0) is 0 Å². The average molecular weight is 355 g/mol. The fourth-order valence-corrected chi connectivity index (χ4v) is 4.63. The largest absolute Gasteiger partial charge is 0.334 e. The normalized spacial score (nSPS) is 23.2. The lowest BCUT2D eigenvalue weighted by Crippen LogP contribution is -2.49. The van der Waals surface area contributed by atoms with Crippen molar-refractivity contribution in [2.24, 2.45) is 5.92 Å². The van der Waals surface area contributed by atoms with Gasteiger partial charge in [0.2, 0.25) is 0 Å². The van der Waals surface area contributed by atoms with Crippen LogP contribution >= 0.6 is 11.6 Å². The number of hydrogen-bond acceptors (Lipinski definition) is 2. The summed E-state index contributed by atoms with van der Waals surface area (Å²) in [7, 11) is 0. The van der Waals surface area contributed by atoms with Crippen LogP contribution in [0.15, 0.2) is 42.5 Å². The van der Waals surface area contributed by atoms with Gasteiger partial charge in [-0.15, -0.1) is 0 Å². The van der Waals surface area contributed by atoms with Crippen molar-refractivity contribution in [2.45, 2.75) is 44.6 Å². The van der Waals surface area contributed by atoms with Gasteiger partial charge < -0.3 is 4.90 Å². The molecule has 1 aliphatic carbocycles. The Morgan fingerprint density at radius 2 is 1.80 bits per heavy atom. The first-order valence-electron chi connectivity index (χ1n) is 9.27. The van der Waals surface area contributed by atoms with Gasteiger partial charge in [-0.3, -0.25) is 4.79 Å². The van der Waals surface area contributed by atoms with Crippen LogP contribution in [0.3, 0.4) is 0 Å². The third-order valence-electron chi connectivity index (χ3n) is 5.62. The number of carbonyl (C=O) groups excluding carboxylic acids is 1. The number of halogens is 1. The number of piperidine rings is 1. The highest BCUT2D eigenvalue weighted by Crippen LogP contribution is 2.36. The minimum absolute atomic E-state index is 0.0745. The van der Waals surface area contributed by atoms with Gasteiger partial charge in [0.25, 0.3) is 5.91 Å². The van der Waals surface area contributed by atoms with Crippen molar-refractivity contribution in [1.82, 2.24) is 9.88 Å². The molecule has 0 spiro atoms. The quantitative estimate of drug-likeness (QED) is 0.742. The summed E-state index contributed by atoms with van der Waals surface area (Å²) in [6, 6.07) is 13.7. The Balaban J connectivity index is 1.62. The molecule has 3 nitrogen and oxygen atoms in total. The Morgan fingerprint density at radius 1 is 1.00 bits per heavy atom. The second-order valence-corrected chi connectivity index (χ2v) is 7.55. The Hall–Kier alpha value is -1.87. The highest BCUT2D eigenvalue weighted by molar-refractivity contribution is 6.33. The molecule has 2 atom stereocenters. The summed E-state index contributed by atoms with van der Waals surface area (Å²) in [5.74, 6) is 0.753. The molecule has 25 heavy (non-hydrogen) atoms. The van der Waals surface area contributed by atoms with Crippen LogP contribution in [0.4, 0.5) is 0 Å². The molecule has 130 valence electrons. The van der Waals surface area contributed by atoms with Crippen molar-refractivity contribution in [3.8, 4) is 11.3 Å². The Morgan fingerprint density at radius 3 is 2.68 bits per heavy atom. The van der Waals surface area contributed by atoms with Crippen molar-refractivity contribution in [3.05, 3.63) is 53.2 Å². The predicted octanol–water partition coefficient (Wildman–Crippen LogP) is 5.20. The summed E-state index contributed by atoms with van der Waals surface area (Å²) in [5, 5.41) is 0.657. The number of hydrogen-bond donors (Lipinski definition) is 0. The predicted molar refractivity (Wildman–Crippen MR) is 101 cm³/mol. The second kappa shape index (κ2) is 7.17. The van der Waals surface area contributed by atoms with E-state index in [1.165, 1.54) is 25.7 Å². The second-order valence-electron chi connectivity index (χ2n) is 7.14. The van der Waals surface area contributed by atoms with E-state index in [2.05, 4.69) is 9.88 Å². The zero-order valence-corrected chi connectivity index (χ0v) is 15.1. The molecule has 1 amide bonds. The maximum absolute atomic E-state index is 13.2. The van der Waals surface area contributed by atoms with E-state index in [1.807, 2.05) is 42.5 Å². The van der Waals surface area contributed by atoms with Gasteiger partial charge in [-0.1, -0.05) is 48.7 Å². The molecule has 1 aliphatic heterocycles. The van der Waals surface area contributed by atoms with E-state index in [1.54, 1.807) is 0 Å². The number of likely N-dealkylation sites (tertiary alicyclic amines) is 1. The molecule has 2 unspecified atom stereocenters. The van der Waals surface area contributed by atoms with Gasteiger partial charge in [0, 0.05) is 23.2 Å². The van der Waals surface area contributed by atoms with Crippen molar-refractivity contribution in [1.29, 1.82) is 0 Å². The standard InChI is InChI=1S/C21H23ClN2O/c22-17-10-3-2-9-16(17)18-11-5-12-19(23-18)21(25)24-14-6-8-15-7-1-4-13-20(15)24/h2-3,5,9-12,15,20H,1,4,6-8,13-14H2. The molecule has 2 fully saturated rings. The maximum Gasteiger partial charge on any atom is 0.272 e. The minimum Gasteiger partial charge on any atom is -0.334 e. The molecule has 0 N–H and O–H groups in total. The van der Waals surface area contributed by atoms with Gasteiger partial charge in [-0.05, 0) is 49.8 Å². The topological polar surface area (TPSA) is 33.2 Å². The maximum atomic E-state index is 13.2. The van der Waals surface area contributed by atoms with Crippen LogP contribution in [-0.4, -0.2) is 28.4 Å². The Labute approximate surface area is 154 Å². The number of amides is 1. The summed E-state index contributed by atoms with van der Waals surface area (Å²) in [5.41, 5.74) is 2.16. The van der Waals surface area contributed by atoms with Gasteiger partial charge in [-0.2, -0.15) is 0 Å². The van der Waals surface area contributed by atoms with E-state index in [0.717, 1.165) is 30.6 Å². The molecule has 1 saturated heterocycles. The first kappa shape index (κ1) is 16.6. The lowest BCUT2D eigenvalue weighted by Gasteiger charge is -2.44. The average Bonchev–Trinajstić information content (AvgIpc) is 2.67. The summed E-state index contributed by atoms with van der Waals surface area (Å²) in [4.78, 5) is 19.9. The number of pyridine rings is 1. The monoisotopic (exact) mass is 354 g/mol. The zero-order valence-electron chi connectivity index (χ0n) is 14.3. The number of rotatable bonds is 2. The number of fused-ring (bicyclic) bond motifs is 1. The fraction of sp³-hybridized carbons (Fsp3) is 0.429. The van der Waals surface area contributed by atoms with Crippen molar-refractivity contribution < 1.29 is 4.79 Å². The van der Waals surface area contributed by atoms with Gasteiger partial charge in [0.1, 0.15) is 5.69 Å². The molecular formula is C21H23ClN2O. The molecule has 2 heterocycles. The Bertz CT molecular complexity index is 774. The molecule has 2 aliphatic rings. The highest BCUT2D eigenvalue weighted by Gasteiger charge is 2.36. The van der Waals surface area contributed by atoms with Crippen molar-refractivity contribution >= 4 is 17.5 Å². The van der Waals surface area contributed by atoms with Crippen LogP contribution < -0.4 is 0 Å². The molecule has 1 aromatic carbocycles. The number of carbonyl (C=O) groups is 1. The van der Waals surface area contributed by atoms with E-state index in [4.69, 9.17) is 11.6 Å². The lowest BCUT2D eigenvalue weighted by molar-refractivity contribution is 0.0385. The summed E-state index contributed by atoms with van der Waals surface area (Å²) < 4.78 is 0. The van der Waals surface area contributed by atoms with E-state index >= 15 is 0 Å². The summed E-state index contributed by atoms with van der Waals surface area (Å²) >= 11 is 6.30. The van der Waals surface area contributed by atoms with Crippen molar-refractivity contribution in [3.63, 3.8) is 0 Å². The zero-order chi connectivity index (χ0) is 17.2. The molecule has 2 aromatic rings. The van der Waals surface area contributed by atoms with E-state index in [9.17, 15) is 4.79 Å². The van der Waals surface area contributed by atoms with Crippen LogP contribution in [0.5, 0.6) is 0 Å².